The number of nitrogens with zero attached hydrogens (tertiary/aromatic N) is 1. The lowest BCUT2D eigenvalue weighted by Gasteiger charge is -2.09. The molecule has 0 saturated carbocycles. The average molecular weight is 238 g/mol. The maximum atomic E-state index is 11.3. The van der Waals surface area contributed by atoms with E-state index in [1.165, 1.54) is 6.08 Å². The van der Waals surface area contributed by atoms with E-state index < -0.39 is 0 Å². The molecule has 1 aromatic carbocycles. The molecule has 0 aliphatic rings. The molecule has 0 saturated heterocycles. The van der Waals surface area contributed by atoms with Crippen molar-refractivity contribution in [2.75, 3.05) is 5.32 Å². The van der Waals surface area contributed by atoms with Crippen LogP contribution >= 0.6 is 0 Å². The molecule has 1 N–H and O–H groups in total. The Morgan fingerprint density at radius 1 is 1.28 bits per heavy atom. The molecule has 3 nitrogen and oxygen atoms in total. The van der Waals surface area contributed by atoms with E-state index in [0.29, 0.717) is 0 Å². The summed E-state index contributed by atoms with van der Waals surface area (Å²) < 4.78 is 0. The van der Waals surface area contributed by atoms with Crippen LogP contribution in [-0.2, 0) is 11.2 Å². The molecular formula is C15H14N2O. The zero-order valence-corrected chi connectivity index (χ0v) is 9.97. The third-order valence-corrected chi connectivity index (χ3v) is 2.58. The molecule has 2 rings (SSSR count). The summed E-state index contributed by atoms with van der Waals surface area (Å²) in [6.45, 7) is 3.45. The highest BCUT2D eigenvalue weighted by atomic mass is 16.1. The van der Waals surface area contributed by atoms with Crippen LogP contribution in [0, 0.1) is 0 Å². The second-order valence-electron chi connectivity index (χ2n) is 3.89. The molecule has 1 amide bonds. The average Bonchev–Trinajstić information content (AvgIpc) is 2.42. The molecule has 0 radical (unpaired) electrons. The normalized spacial score (nSPS) is 9.78. The van der Waals surface area contributed by atoms with E-state index in [2.05, 4.69) is 16.9 Å². The number of aromatic nitrogens is 1. The topological polar surface area (TPSA) is 42.0 Å². The summed E-state index contributed by atoms with van der Waals surface area (Å²) in [5.41, 5.74) is 2.98. The number of benzene rings is 1. The zero-order valence-electron chi connectivity index (χ0n) is 9.97. The molecule has 2 aromatic rings. The van der Waals surface area contributed by atoms with Crippen LogP contribution in [0.1, 0.15) is 11.1 Å². The number of carbonyl (C=O) groups is 1. The number of carbonyl (C=O) groups excluding carboxylic acids is 1. The van der Waals surface area contributed by atoms with Gasteiger partial charge in [0, 0.05) is 24.5 Å². The van der Waals surface area contributed by atoms with Gasteiger partial charge >= 0.3 is 0 Å². The second kappa shape index (κ2) is 5.77. The predicted molar refractivity (Wildman–Crippen MR) is 72.3 cm³/mol. The summed E-state index contributed by atoms with van der Waals surface area (Å²) in [4.78, 5) is 15.4. The monoisotopic (exact) mass is 238 g/mol. The Labute approximate surface area is 106 Å². The highest BCUT2D eigenvalue weighted by Gasteiger charge is 2.04. The Hall–Kier alpha value is -2.42. The number of amides is 1. The van der Waals surface area contributed by atoms with E-state index in [1.54, 1.807) is 6.20 Å². The minimum absolute atomic E-state index is 0.200. The molecule has 0 spiro atoms. The number of pyridine rings is 1. The number of para-hydroxylation sites is 1. The third-order valence-electron chi connectivity index (χ3n) is 2.58. The largest absolute Gasteiger partial charge is 0.322 e. The van der Waals surface area contributed by atoms with Crippen molar-refractivity contribution in [2.45, 2.75) is 6.42 Å². The van der Waals surface area contributed by atoms with E-state index in [9.17, 15) is 4.79 Å². The van der Waals surface area contributed by atoms with Crippen molar-refractivity contribution in [1.82, 2.24) is 4.98 Å². The van der Waals surface area contributed by atoms with Crippen LogP contribution in [0.15, 0.2) is 61.4 Å². The highest BCUT2D eigenvalue weighted by Crippen LogP contribution is 2.18. The summed E-state index contributed by atoms with van der Waals surface area (Å²) in [5.74, 6) is -0.200. The molecule has 1 aromatic heterocycles. The standard InChI is InChI=1S/C15H14N2O/c1-2-15(18)17-14-8-4-3-7-13(14)10-12-6-5-9-16-11-12/h2-9,11H,1,10H2,(H,17,18). The van der Waals surface area contributed by atoms with Crippen molar-refractivity contribution < 1.29 is 4.79 Å². The van der Waals surface area contributed by atoms with Crippen molar-refractivity contribution in [3.63, 3.8) is 0 Å². The lowest BCUT2D eigenvalue weighted by molar-refractivity contribution is -0.111. The van der Waals surface area contributed by atoms with Gasteiger partial charge in [-0.3, -0.25) is 9.78 Å². The predicted octanol–water partition coefficient (Wildman–Crippen LogP) is 2.80. The van der Waals surface area contributed by atoms with Crippen LogP contribution in [0.2, 0.25) is 0 Å². The zero-order chi connectivity index (χ0) is 12.8. The summed E-state index contributed by atoms with van der Waals surface area (Å²) in [6, 6.07) is 11.6. The van der Waals surface area contributed by atoms with Gasteiger partial charge in [0.25, 0.3) is 0 Å². The maximum absolute atomic E-state index is 11.3. The fourth-order valence-corrected chi connectivity index (χ4v) is 1.70. The van der Waals surface area contributed by atoms with Crippen molar-refractivity contribution in [3.8, 4) is 0 Å². The van der Waals surface area contributed by atoms with Crippen molar-refractivity contribution >= 4 is 11.6 Å². The summed E-state index contributed by atoms with van der Waals surface area (Å²) in [7, 11) is 0. The Kier molecular flexibility index (Phi) is 3.86. The van der Waals surface area contributed by atoms with Gasteiger partial charge in [-0.1, -0.05) is 30.8 Å². The lowest BCUT2D eigenvalue weighted by Crippen LogP contribution is -2.09. The molecule has 0 unspecified atom stereocenters. The van der Waals surface area contributed by atoms with Gasteiger partial charge in [0.05, 0.1) is 0 Å². The van der Waals surface area contributed by atoms with Crippen molar-refractivity contribution in [1.29, 1.82) is 0 Å². The molecule has 90 valence electrons. The van der Waals surface area contributed by atoms with Crippen molar-refractivity contribution in [2.24, 2.45) is 0 Å². The van der Waals surface area contributed by atoms with Crippen LogP contribution < -0.4 is 5.32 Å². The van der Waals surface area contributed by atoms with Gasteiger partial charge in [0.1, 0.15) is 0 Å². The first-order chi connectivity index (χ1) is 8.79. The van der Waals surface area contributed by atoms with Gasteiger partial charge in [-0.25, -0.2) is 0 Å². The second-order valence-corrected chi connectivity index (χ2v) is 3.89. The number of anilines is 1. The van der Waals surface area contributed by atoms with Gasteiger partial charge in [0.2, 0.25) is 5.91 Å². The van der Waals surface area contributed by atoms with Crippen LogP contribution in [0.5, 0.6) is 0 Å². The molecule has 0 aliphatic heterocycles. The van der Waals surface area contributed by atoms with Crippen LogP contribution in [-0.4, -0.2) is 10.9 Å². The minimum atomic E-state index is -0.200. The van der Waals surface area contributed by atoms with Gasteiger partial charge in [-0.15, -0.1) is 0 Å². The SMILES string of the molecule is C=CC(=O)Nc1ccccc1Cc1cccnc1. The van der Waals surface area contributed by atoms with Crippen LogP contribution in [0.4, 0.5) is 5.69 Å². The van der Waals surface area contributed by atoms with Crippen molar-refractivity contribution in [3.05, 3.63) is 72.6 Å². The first-order valence-corrected chi connectivity index (χ1v) is 5.70. The van der Waals surface area contributed by atoms with Crippen LogP contribution in [0.25, 0.3) is 0 Å². The fourth-order valence-electron chi connectivity index (χ4n) is 1.70. The third kappa shape index (κ3) is 3.04. The smallest absolute Gasteiger partial charge is 0.247 e. The van der Waals surface area contributed by atoms with Gasteiger partial charge < -0.3 is 5.32 Å². The van der Waals surface area contributed by atoms with E-state index in [4.69, 9.17) is 0 Å². The number of nitrogens with one attached hydrogen (secondary N) is 1. The highest BCUT2D eigenvalue weighted by molar-refractivity contribution is 5.99. The molecule has 0 bridgehead atoms. The molecule has 0 atom stereocenters. The fraction of sp³-hybridized carbons (Fsp3) is 0.0667. The Balaban J connectivity index is 2.22. The van der Waals surface area contributed by atoms with E-state index >= 15 is 0 Å². The van der Waals surface area contributed by atoms with Gasteiger partial charge in [-0.05, 0) is 29.3 Å². The number of rotatable bonds is 4. The maximum Gasteiger partial charge on any atom is 0.247 e. The molecule has 1 heterocycles. The molecule has 18 heavy (non-hydrogen) atoms. The molecule has 0 fully saturated rings. The summed E-state index contributed by atoms with van der Waals surface area (Å²) >= 11 is 0. The molecule has 0 aliphatic carbocycles. The van der Waals surface area contributed by atoms with Crippen LogP contribution in [0.3, 0.4) is 0 Å². The van der Waals surface area contributed by atoms with E-state index in [-0.39, 0.29) is 5.91 Å². The Bertz CT molecular complexity index is 549. The first kappa shape index (κ1) is 12.0. The quantitative estimate of drug-likeness (QED) is 0.832. The summed E-state index contributed by atoms with van der Waals surface area (Å²) in [5, 5.41) is 2.80. The van der Waals surface area contributed by atoms with Gasteiger partial charge in [-0.2, -0.15) is 0 Å². The minimum Gasteiger partial charge on any atom is -0.322 e. The first-order valence-electron chi connectivity index (χ1n) is 5.70. The molecule has 3 heteroatoms. The Morgan fingerprint density at radius 2 is 2.11 bits per heavy atom. The Morgan fingerprint density at radius 3 is 2.83 bits per heavy atom. The number of hydrogen-bond acceptors (Lipinski definition) is 2. The van der Waals surface area contributed by atoms with E-state index in [0.717, 1.165) is 23.2 Å². The van der Waals surface area contributed by atoms with E-state index in [1.807, 2.05) is 42.6 Å². The van der Waals surface area contributed by atoms with Gasteiger partial charge in [0.15, 0.2) is 0 Å². The summed E-state index contributed by atoms with van der Waals surface area (Å²) in [6.07, 6.45) is 5.57. The lowest BCUT2D eigenvalue weighted by atomic mass is 10.0. The number of hydrogen-bond donors (Lipinski definition) is 1. The molecular weight excluding hydrogens is 224 g/mol.